The number of anilines is 2. The summed E-state index contributed by atoms with van der Waals surface area (Å²) >= 11 is 0. The van der Waals surface area contributed by atoms with Crippen LogP contribution in [-0.2, 0) is 13.0 Å². The number of hydrogen-bond acceptors (Lipinski definition) is 6. The van der Waals surface area contributed by atoms with Crippen LogP contribution < -0.4 is 20.1 Å². The van der Waals surface area contributed by atoms with Crippen LogP contribution in [0.15, 0.2) is 54.7 Å². The summed E-state index contributed by atoms with van der Waals surface area (Å²) < 4.78 is 10.6. The first-order valence-electron chi connectivity index (χ1n) is 9.31. The summed E-state index contributed by atoms with van der Waals surface area (Å²) in [6.07, 6.45) is 2.39. The lowest BCUT2D eigenvalue weighted by Crippen LogP contribution is -2.16. The number of carbonyl (C=O) groups excluding carboxylic acids is 1. The molecule has 1 aromatic heterocycles. The summed E-state index contributed by atoms with van der Waals surface area (Å²) in [6.45, 7) is 2.52. The standard InChI is InChI=1S/C22H24N4O3/c1-4-16-7-5-6-8-17(16)25-21(27)18-11-12-23-22(26-18)24-14-15-9-10-19(28-2)20(13-15)29-3/h5-13H,4,14H2,1-3H3,(H,25,27)(H,23,24,26). The third-order valence-corrected chi connectivity index (χ3v) is 4.43. The molecule has 0 aliphatic rings. The Labute approximate surface area is 170 Å². The molecule has 2 aromatic carbocycles. The number of aromatic nitrogens is 2. The smallest absolute Gasteiger partial charge is 0.274 e. The number of aryl methyl sites for hydroxylation is 1. The van der Waals surface area contributed by atoms with Gasteiger partial charge >= 0.3 is 0 Å². The molecule has 3 rings (SSSR count). The van der Waals surface area contributed by atoms with Crippen LogP contribution in [0.25, 0.3) is 0 Å². The lowest BCUT2D eigenvalue weighted by atomic mass is 10.1. The number of rotatable bonds is 8. The molecule has 0 unspecified atom stereocenters. The van der Waals surface area contributed by atoms with Crippen LogP contribution in [0.1, 0.15) is 28.5 Å². The molecule has 29 heavy (non-hydrogen) atoms. The first-order chi connectivity index (χ1) is 14.1. The SMILES string of the molecule is CCc1ccccc1NC(=O)c1ccnc(NCc2ccc(OC)c(OC)c2)n1. The molecule has 0 radical (unpaired) electrons. The molecule has 0 aliphatic carbocycles. The molecular weight excluding hydrogens is 368 g/mol. The van der Waals surface area contributed by atoms with Crippen LogP contribution in [0.2, 0.25) is 0 Å². The Morgan fingerprint density at radius 1 is 1.03 bits per heavy atom. The Kier molecular flexibility index (Phi) is 6.63. The second kappa shape index (κ2) is 9.54. The maximum atomic E-state index is 12.6. The van der Waals surface area contributed by atoms with Crippen molar-refractivity contribution in [2.75, 3.05) is 24.9 Å². The van der Waals surface area contributed by atoms with Crippen LogP contribution in [0.5, 0.6) is 11.5 Å². The van der Waals surface area contributed by atoms with Crippen molar-refractivity contribution in [2.24, 2.45) is 0 Å². The summed E-state index contributed by atoms with van der Waals surface area (Å²) in [5, 5.41) is 6.05. The van der Waals surface area contributed by atoms with Crippen molar-refractivity contribution in [1.29, 1.82) is 0 Å². The number of benzene rings is 2. The van der Waals surface area contributed by atoms with E-state index >= 15 is 0 Å². The number of methoxy groups -OCH3 is 2. The van der Waals surface area contributed by atoms with Crippen LogP contribution in [0, 0.1) is 0 Å². The molecule has 1 amide bonds. The van der Waals surface area contributed by atoms with E-state index in [1.807, 2.05) is 49.4 Å². The van der Waals surface area contributed by atoms with Gasteiger partial charge in [-0.1, -0.05) is 31.2 Å². The maximum absolute atomic E-state index is 12.6. The lowest BCUT2D eigenvalue weighted by Gasteiger charge is -2.11. The van der Waals surface area contributed by atoms with Crippen molar-refractivity contribution in [1.82, 2.24) is 9.97 Å². The van der Waals surface area contributed by atoms with E-state index in [2.05, 4.69) is 20.6 Å². The predicted octanol–water partition coefficient (Wildman–Crippen LogP) is 3.92. The zero-order valence-electron chi connectivity index (χ0n) is 16.7. The highest BCUT2D eigenvalue weighted by atomic mass is 16.5. The quantitative estimate of drug-likeness (QED) is 0.604. The maximum Gasteiger partial charge on any atom is 0.274 e. The van der Waals surface area contributed by atoms with Gasteiger partial charge in [-0.2, -0.15) is 0 Å². The normalized spacial score (nSPS) is 10.3. The van der Waals surface area contributed by atoms with Gasteiger partial charge in [0, 0.05) is 18.4 Å². The lowest BCUT2D eigenvalue weighted by molar-refractivity contribution is 0.102. The Hall–Kier alpha value is -3.61. The molecule has 0 saturated carbocycles. The van der Waals surface area contributed by atoms with Gasteiger partial charge < -0.3 is 20.1 Å². The van der Waals surface area contributed by atoms with Gasteiger partial charge in [-0.25, -0.2) is 9.97 Å². The van der Waals surface area contributed by atoms with Gasteiger partial charge in [0.2, 0.25) is 5.95 Å². The zero-order valence-corrected chi connectivity index (χ0v) is 16.7. The third kappa shape index (κ3) is 5.01. The molecule has 0 saturated heterocycles. The molecule has 3 aromatic rings. The molecular formula is C22H24N4O3. The Balaban J connectivity index is 1.68. The topological polar surface area (TPSA) is 85.4 Å². The molecule has 1 heterocycles. The van der Waals surface area contributed by atoms with E-state index in [-0.39, 0.29) is 5.91 Å². The highest BCUT2D eigenvalue weighted by Gasteiger charge is 2.11. The average molecular weight is 392 g/mol. The van der Waals surface area contributed by atoms with Crippen LogP contribution >= 0.6 is 0 Å². The Morgan fingerprint density at radius 2 is 1.83 bits per heavy atom. The van der Waals surface area contributed by atoms with Gasteiger partial charge in [-0.05, 0) is 41.8 Å². The minimum absolute atomic E-state index is 0.275. The van der Waals surface area contributed by atoms with E-state index in [1.165, 1.54) is 0 Å². The summed E-state index contributed by atoms with van der Waals surface area (Å²) in [5.41, 5.74) is 3.12. The van der Waals surface area contributed by atoms with Crippen molar-refractivity contribution < 1.29 is 14.3 Å². The minimum atomic E-state index is -0.275. The zero-order chi connectivity index (χ0) is 20.6. The van der Waals surface area contributed by atoms with E-state index in [9.17, 15) is 4.79 Å². The second-order valence-corrected chi connectivity index (χ2v) is 6.27. The summed E-state index contributed by atoms with van der Waals surface area (Å²) in [5.74, 6) is 1.41. The van der Waals surface area contributed by atoms with E-state index in [0.29, 0.717) is 29.7 Å². The van der Waals surface area contributed by atoms with Crippen molar-refractivity contribution >= 4 is 17.5 Å². The van der Waals surface area contributed by atoms with E-state index in [0.717, 1.165) is 23.2 Å². The molecule has 0 fully saturated rings. The van der Waals surface area contributed by atoms with Crippen LogP contribution in [-0.4, -0.2) is 30.1 Å². The van der Waals surface area contributed by atoms with Gasteiger partial charge in [0.25, 0.3) is 5.91 Å². The van der Waals surface area contributed by atoms with Crippen LogP contribution in [0.3, 0.4) is 0 Å². The van der Waals surface area contributed by atoms with Gasteiger partial charge in [-0.3, -0.25) is 4.79 Å². The van der Waals surface area contributed by atoms with E-state index in [4.69, 9.17) is 9.47 Å². The number of nitrogens with zero attached hydrogens (tertiary/aromatic N) is 2. The van der Waals surface area contributed by atoms with Gasteiger partial charge in [-0.15, -0.1) is 0 Å². The van der Waals surface area contributed by atoms with Gasteiger partial charge in [0.1, 0.15) is 5.69 Å². The number of amides is 1. The second-order valence-electron chi connectivity index (χ2n) is 6.27. The fraction of sp³-hybridized carbons (Fsp3) is 0.227. The monoisotopic (exact) mass is 392 g/mol. The van der Waals surface area contributed by atoms with Gasteiger partial charge in [0.05, 0.1) is 14.2 Å². The van der Waals surface area contributed by atoms with Crippen LogP contribution in [0.4, 0.5) is 11.6 Å². The predicted molar refractivity (Wildman–Crippen MR) is 113 cm³/mol. The fourth-order valence-corrected chi connectivity index (χ4v) is 2.88. The molecule has 0 atom stereocenters. The van der Waals surface area contributed by atoms with Crippen molar-refractivity contribution in [3.05, 3.63) is 71.5 Å². The van der Waals surface area contributed by atoms with Crippen molar-refractivity contribution in [2.45, 2.75) is 19.9 Å². The molecule has 2 N–H and O–H groups in total. The number of hydrogen-bond donors (Lipinski definition) is 2. The van der Waals surface area contributed by atoms with Crippen molar-refractivity contribution in [3.8, 4) is 11.5 Å². The number of carbonyl (C=O) groups is 1. The molecule has 7 nitrogen and oxygen atoms in total. The molecule has 7 heteroatoms. The first kappa shape index (κ1) is 20.1. The molecule has 0 aliphatic heterocycles. The Bertz CT molecular complexity index is 991. The molecule has 0 bridgehead atoms. The minimum Gasteiger partial charge on any atom is -0.493 e. The highest BCUT2D eigenvalue weighted by molar-refractivity contribution is 6.03. The Morgan fingerprint density at radius 3 is 2.59 bits per heavy atom. The fourth-order valence-electron chi connectivity index (χ4n) is 2.88. The van der Waals surface area contributed by atoms with E-state index < -0.39 is 0 Å². The highest BCUT2D eigenvalue weighted by Crippen LogP contribution is 2.27. The third-order valence-electron chi connectivity index (χ3n) is 4.43. The first-order valence-corrected chi connectivity index (χ1v) is 9.31. The number of para-hydroxylation sites is 1. The van der Waals surface area contributed by atoms with E-state index in [1.54, 1.807) is 26.5 Å². The largest absolute Gasteiger partial charge is 0.493 e. The molecule has 0 spiro atoms. The summed E-state index contributed by atoms with van der Waals surface area (Å²) in [6, 6.07) is 15.0. The number of ether oxygens (including phenoxy) is 2. The average Bonchev–Trinajstić information content (AvgIpc) is 2.78. The van der Waals surface area contributed by atoms with Crippen molar-refractivity contribution in [3.63, 3.8) is 0 Å². The molecule has 150 valence electrons. The summed E-state index contributed by atoms with van der Waals surface area (Å²) in [4.78, 5) is 21.1. The summed E-state index contributed by atoms with van der Waals surface area (Å²) in [7, 11) is 3.19. The number of nitrogens with one attached hydrogen (secondary N) is 2. The van der Waals surface area contributed by atoms with Gasteiger partial charge in [0.15, 0.2) is 11.5 Å².